The van der Waals surface area contributed by atoms with Crippen LogP contribution in [-0.4, -0.2) is 0 Å². The zero-order valence-electron chi connectivity index (χ0n) is 7.32. The monoisotopic (exact) mass is 213 g/mol. The first kappa shape index (κ1) is 9.36. The summed E-state index contributed by atoms with van der Waals surface area (Å²) in [5.41, 5.74) is 1.23. The van der Waals surface area contributed by atoms with Crippen molar-refractivity contribution in [3.05, 3.63) is 33.8 Å². The summed E-state index contributed by atoms with van der Waals surface area (Å²) >= 11 is 11.9. The lowest BCUT2D eigenvalue weighted by Gasteiger charge is -2.10. The molecule has 1 aliphatic carbocycles. The van der Waals surface area contributed by atoms with Crippen LogP contribution < -0.4 is 0 Å². The van der Waals surface area contributed by atoms with Gasteiger partial charge in [0.1, 0.15) is 0 Å². The van der Waals surface area contributed by atoms with Crippen LogP contribution in [0.25, 0.3) is 0 Å². The quantitative estimate of drug-likeness (QED) is 0.647. The van der Waals surface area contributed by atoms with E-state index in [4.69, 9.17) is 23.2 Å². The molecule has 1 radical (unpaired) electrons. The average molecular weight is 214 g/mol. The van der Waals surface area contributed by atoms with Crippen LogP contribution in [0.15, 0.2) is 12.1 Å². The minimum absolute atomic E-state index is 0.603. The van der Waals surface area contributed by atoms with E-state index in [1.165, 1.54) is 31.2 Å². The molecule has 0 amide bonds. The second-order valence-corrected chi connectivity index (χ2v) is 4.34. The fraction of sp³-hybridized carbons (Fsp3) is 0.455. The number of benzene rings is 1. The van der Waals surface area contributed by atoms with Crippen LogP contribution in [0.2, 0.25) is 10.0 Å². The lowest BCUT2D eigenvalue weighted by Crippen LogP contribution is -1.92. The molecular formula is C11H11Cl2. The van der Waals surface area contributed by atoms with Crippen molar-refractivity contribution in [1.29, 1.82) is 0 Å². The van der Waals surface area contributed by atoms with Crippen molar-refractivity contribution in [3.8, 4) is 0 Å². The van der Waals surface area contributed by atoms with E-state index in [-0.39, 0.29) is 0 Å². The molecular weight excluding hydrogens is 203 g/mol. The van der Waals surface area contributed by atoms with Crippen molar-refractivity contribution >= 4 is 23.2 Å². The Morgan fingerprint density at radius 1 is 1.15 bits per heavy atom. The number of halogens is 2. The molecule has 0 N–H and O–H groups in total. The Morgan fingerprint density at radius 2 is 1.85 bits per heavy atom. The zero-order chi connectivity index (χ0) is 9.26. The number of hydrogen-bond acceptors (Lipinski definition) is 0. The van der Waals surface area contributed by atoms with Gasteiger partial charge in [-0.1, -0.05) is 42.1 Å². The first-order valence-electron chi connectivity index (χ1n) is 4.64. The van der Waals surface area contributed by atoms with Gasteiger partial charge in [-0.05, 0) is 30.4 Å². The molecule has 0 aromatic heterocycles. The van der Waals surface area contributed by atoms with Gasteiger partial charge in [-0.2, -0.15) is 0 Å². The summed E-state index contributed by atoms with van der Waals surface area (Å²) in [6, 6.07) is 6.86. The maximum atomic E-state index is 6.07. The average Bonchev–Trinajstić information content (AvgIpc) is 2.56. The minimum Gasteiger partial charge on any atom is -0.0836 e. The summed E-state index contributed by atoms with van der Waals surface area (Å²) in [6.45, 7) is 0. The van der Waals surface area contributed by atoms with E-state index < -0.39 is 0 Å². The van der Waals surface area contributed by atoms with E-state index in [1.807, 2.05) is 12.1 Å². The van der Waals surface area contributed by atoms with Gasteiger partial charge in [0.15, 0.2) is 0 Å². The maximum absolute atomic E-state index is 6.07. The van der Waals surface area contributed by atoms with Crippen LogP contribution in [0.1, 0.15) is 37.2 Å². The molecule has 1 fully saturated rings. The van der Waals surface area contributed by atoms with E-state index in [1.54, 1.807) is 0 Å². The number of rotatable bonds is 1. The second-order valence-electron chi connectivity index (χ2n) is 3.56. The van der Waals surface area contributed by atoms with Crippen molar-refractivity contribution in [2.75, 3.05) is 0 Å². The van der Waals surface area contributed by atoms with Gasteiger partial charge in [0.25, 0.3) is 0 Å². The van der Waals surface area contributed by atoms with Crippen molar-refractivity contribution in [3.63, 3.8) is 0 Å². The zero-order valence-corrected chi connectivity index (χ0v) is 8.83. The Hall–Kier alpha value is -0.200. The maximum Gasteiger partial charge on any atom is 0.0535 e. The molecule has 13 heavy (non-hydrogen) atoms. The molecule has 1 aromatic carbocycles. The lowest BCUT2D eigenvalue weighted by atomic mass is 9.98. The summed E-state index contributed by atoms with van der Waals surface area (Å²) in [7, 11) is 0. The van der Waals surface area contributed by atoms with Gasteiger partial charge in [-0.15, -0.1) is 0 Å². The molecule has 1 aromatic rings. The highest BCUT2D eigenvalue weighted by Gasteiger charge is 2.19. The normalized spacial score (nSPS) is 18.0. The van der Waals surface area contributed by atoms with Crippen molar-refractivity contribution in [1.82, 2.24) is 0 Å². The Morgan fingerprint density at radius 3 is 2.46 bits per heavy atom. The summed E-state index contributed by atoms with van der Waals surface area (Å²) in [4.78, 5) is 0. The molecule has 0 heterocycles. The van der Waals surface area contributed by atoms with Crippen LogP contribution in [-0.2, 0) is 0 Å². The first-order chi connectivity index (χ1) is 6.27. The van der Waals surface area contributed by atoms with Crippen molar-refractivity contribution in [2.24, 2.45) is 0 Å². The van der Waals surface area contributed by atoms with Gasteiger partial charge in [0, 0.05) is 6.07 Å². The van der Waals surface area contributed by atoms with Crippen molar-refractivity contribution < 1.29 is 0 Å². The Bertz CT molecular complexity index is 301. The number of hydrogen-bond donors (Lipinski definition) is 0. The molecule has 2 heteroatoms. The van der Waals surface area contributed by atoms with Gasteiger partial charge in [-0.25, -0.2) is 0 Å². The van der Waals surface area contributed by atoms with Gasteiger partial charge < -0.3 is 0 Å². The van der Waals surface area contributed by atoms with Crippen LogP contribution in [0.3, 0.4) is 0 Å². The molecule has 0 spiro atoms. The van der Waals surface area contributed by atoms with E-state index in [9.17, 15) is 0 Å². The molecule has 1 saturated carbocycles. The highest BCUT2D eigenvalue weighted by molar-refractivity contribution is 6.34. The summed E-state index contributed by atoms with van der Waals surface area (Å²) in [6.07, 6.45) is 5.16. The Kier molecular flexibility index (Phi) is 2.80. The van der Waals surface area contributed by atoms with Crippen LogP contribution in [0.4, 0.5) is 0 Å². The Balaban J connectivity index is 2.29. The summed E-state index contributed by atoms with van der Waals surface area (Å²) in [5, 5.41) is 1.31. The third-order valence-electron chi connectivity index (χ3n) is 2.69. The smallest absolute Gasteiger partial charge is 0.0535 e. The van der Waals surface area contributed by atoms with Crippen LogP contribution >= 0.6 is 23.2 Å². The van der Waals surface area contributed by atoms with Crippen LogP contribution in [0, 0.1) is 6.07 Å². The second kappa shape index (κ2) is 3.89. The van der Waals surface area contributed by atoms with Gasteiger partial charge in [0.2, 0.25) is 0 Å². The fourth-order valence-corrected chi connectivity index (χ4v) is 2.53. The van der Waals surface area contributed by atoms with E-state index in [0.717, 1.165) is 0 Å². The molecule has 0 unspecified atom stereocenters. The van der Waals surface area contributed by atoms with E-state index in [0.29, 0.717) is 16.0 Å². The largest absolute Gasteiger partial charge is 0.0836 e. The molecule has 2 rings (SSSR count). The standard InChI is InChI=1S/C11H11Cl2/c12-9-5-6-10(11(13)7-9)8-3-1-2-4-8/h5-6,8H,1-4H2. The first-order valence-corrected chi connectivity index (χ1v) is 5.40. The summed E-state index contributed by atoms with van der Waals surface area (Å²) < 4.78 is 0. The lowest BCUT2D eigenvalue weighted by molar-refractivity contribution is 0.723. The predicted octanol–water partition coefficient (Wildman–Crippen LogP) is 4.45. The molecule has 1 aliphatic rings. The van der Waals surface area contributed by atoms with Gasteiger partial charge in [0.05, 0.1) is 10.0 Å². The van der Waals surface area contributed by atoms with Crippen molar-refractivity contribution in [2.45, 2.75) is 31.6 Å². The Labute approximate surface area is 88.9 Å². The molecule has 0 saturated heterocycles. The fourth-order valence-electron chi connectivity index (χ4n) is 2.01. The van der Waals surface area contributed by atoms with E-state index in [2.05, 4.69) is 6.07 Å². The highest BCUT2D eigenvalue weighted by Crippen LogP contribution is 2.37. The molecule has 69 valence electrons. The summed E-state index contributed by atoms with van der Waals surface area (Å²) in [5.74, 6) is 0.640. The highest BCUT2D eigenvalue weighted by atomic mass is 35.5. The molecule has 0 aliphatic heterocycles. The third kappa shape index (κ3) is 2.00. The topological polar surface area (TPSA) is 0 Å². The molecule has 0 nitrogen and oxygen atoms in total. The van der Waals surface area contributed by atoms with Crippen LogP contribution in [0.5, 0.6) is 0 Å². The van der Waals surface area contributed by atoms with Gasteiger partial charge in [-0.3, -0.25) is 0 Å². The molecule has 0 bridgehead atoms. The molecule has 0 atom stereocenters. The predicted molar refractivity (Wildman–Crippen MR) is 56.5 cm³/mol. The minimum atomic E-state index is 0.603. The van der Waals surface area contributed by atoms with Gasteiger partial charge >= 0.3 is 0 Å². The third-order valence-corrected chi connectivity index (χ3v) is 3.22. The van der Waals surface area contributed by atoms with E-state index >= 15 is 0 Å². The SMILES string of the molecule is Clc1[c]c(Cl)c(C2CCCC2)cc1.